The standard InChI is InChI=1S/C8H12N2O/c1-6-4-8-7(2-3-11-6)5-9-10-8/h5-6H,2-4H2,1H3,(H,9,10). The zero-order chi connectivity index (χ0) is 7.68. The van der Waals surface area contributed by atoms with Crippen molar-refractivity contribution in [3.8, 4) is 0 Å². The van der Waals surface area contributed by atoms with E-state index >= 15 is 0 Å². The number of fused-ring (bicyclic) bond motifs is 1. The van der Waals surface area contributed by atoms with E-state index in [-0.39, 0.29) is 0 Å². The summed E-state index contributed by atoms with van der Waals surface area (Å²) >= 11 is 0. The van der Waals surface area contributed by atoms with Gasteiger partial charge in [-0.25, -0.2) is 0 Å². The van der Waals surface area contributed by atoms with Crippen LogP contribution in [0.25, 0.3) is 0 Å². The van der Waals surface area contributed by atoms with Gasteiger partial charge in [0.05, 0.1) is 18.9 Å². The third kappa shape index (κ3) is 1.28. The summed E-state index contributed by atoms with van der Waals surface area (Å²) < 4.78 is 5.50. The largest absolute Gasteiger partial charge is 0.378 e. The molecule has 0 aliphatic carbocycles. The maximum absolute atomic E-state index is 5.50. The molecule has 0 spiro atoms. The molecule has 2 rings (SSSR count). The lowest BCUT2D eigenvalue weighted by molar-refractivity contribution is 0.0737. The van der Waals surface area contributed by atoms with Gasteiger partial charge in [-0.2, -0.15) is 5.10 Å². The summed E-state index contributed by atoms with van der Waals surface area (Å²) in [6, 6.07) is 0. The second-order valence-corrected chi connectivity index (χ2v) is 3.01. The minimum Gasteiger partial charge on any atom is -0.378 e. The highest BCUT2D eigenvalue weighted by Gasteiger charge is 2.14. The van der Waals surface area contributed by atoms with Crippen molar-refractivity contribution in [3.05, 3.63) is 17.5 Å². The second kappa shape index (κ2) is 2.66. The summed E-state index contributed by atoms with van der Waals surface area (Å²) in [6.45, 7) is 2.92. The maximum Gasteiger partial charge on any atom is 0.0602 e. The smallest absolute Gasteiger partial charge is 0.0602 e. The van der Waals surface area contributed by atoms with Crippen molar-refractivity contribution in [1.29, 1.82) is 0 Å². The van der Waals surface area contributed by atoms with Crippen LogP contribution in [0.2, 0.25) is 0 Å². The lowest BCUT2D eigenvalue weighted by Gasteiger charge is -2.06. The van der Waals surface area contributed by atoms with Crippen LogP contribution in [-0.4, -0.2) is 22.9 Å². The molecular formula is C8H12N2O. The zero-order valence-electron chi connectivity index (χ0n) is 6.63. The Bertz CT molecular complexity index is 244. The third-order valence-electron chi connectivity index (χ3n) is 2.07. The molecular weight excluding hydrogens is 140 g/mol. The molecule has 0 bridgehead atoms. The summed E-state index contributed by atoms with van der Waals surface area (Å²) in [5, 5.41) is 7.00. The zero-order valence-corrected chi connectivity index (χ0v) is 6.63. The van der Waals surface area contributed by atoms with Crippen LogP contribution in [0.4, 0.5) is 0 Å². The number of nitrogens with zero attached hydrogens (tertiary/aromatic N) is 1. The van der Waals surface area contributed by atoms with Gasteiger partial charge in [0, 0.05) is 12.1 Å². The van der Waals surface area contributed by atoms with Gasteiger partial charge in [-0.1, -0.05) is 0 Å². The Morgan fingerprint density at radius 1 is 1.73 bits per heavy atom. The number of ether oxygens (including phenoxy) is 1. The van der Waals surface area contributed by atoms with E-state index in [1.54, 1.807) is 0 Å². The highest BCUT2D eigenvalue weighted by molar-refractivity contribution is 5.18. The van der Waals surface area contributed by atoms with Crippen LogP contribution >= 0.6 is 0 Å². The van der Waals surface area contributed by atoms with E-state index in [2.05, 4.69) is 17.1 Å². The molecule has 1 aliphatic rings. The molecule has 3 nitrogen and oxygen atoms in total. The normalized spacial score (nSPS) is 24.3. The number of aromatic nitrogens is 2. The highest BCUT2D eigenvalue weighted by Crippen LogP contribution is 2.14. The molecule has 1 aromatic heterocycles. The number of hydrogen-bond donors (Lipinski definition) is 1. The molecule has 2 heterocycles. The van der Waals surface area contributed by atoms with Crippen LogP contribution in [0.15, 0.2) is 6.20 Å². The number of rotatable bonds is 0. The molecule has 0 amide bonds. The molecule has 11 heavy (non-hydrogen) atoms. The van der Waals surface area contributed by atoms with Crippen LogP contribution < -0.4 is 0 Å². The van der Waals surface area contributed by atoms with Gasteiger partial charge in [-0.05, 0) is 18.9 Å². The summed E-state index contributed by atoms with van der Waals surface area (Å²) in [5.74, 6) is 0. The molecule has 1 unspecified atom stereocenters. The van der Waals surface area contributed by atoms with Crippen molar-refractivity contribution < 1.29 is 4.74 Å². The van der Waals surface area contributed by atoms with Crippen molar-refractivity contribution >= 4 is 0 Å². The molecule has 1 aromatic rings. The van der Waals surface area contributed by atoms with Crippen LogP contribution in [0.5, 0.6) is 0 Å². The first-order chi connectivity index (χ1) is 5.36. The Labute approximate surface area is 65.8 Å². The third-order valence-corrected chi connectivity index (χ3v) is 2.07. The van der Waals surface area contributed by atoms with Crippen LogP contribution in [0.1, 0.15) is 18.2 Å². The Morgan fingerprint density at radius 2 is 2.64 bits per heavy atom. The summed E-state index contributed by atoms with van der Waals surface area (Å²) in [4.78, 5) is 0. The molecule has 0 saturated carbocycles. The van der Waals surface area contributed by atoms with Crippen molar-refractivity contribution in [2.45, 2.75) is 25.9 Å². The highest BCUT2D eigenvalue weighted by atomic mass is 16.5. The predicted octanol–water partition coefficient (Wildman–Crippen LogP) is 0.913. The Hall–Kier alpha value is -0.830. The van der Waals surface area contributed by atoms with Crippen LogP contribution in [-0.2, 0) is 17.6 Å². The molecule has 1 N–H and O–H groups in total. The molecule has 3 heteroatoms. The molecule has 0 fully saturated rings. The summed E-state index contributed by atoms with van der Waals surface area (Å²) in [7, 11) is 0. The average Bonchev–Trinajstić information content (AvgIpc) is 2.31. The van der Waals surface area contributed by atoms with E-state index in [1.165, 1.54) is 11.3 Å². The average molecular weight is 152 g/mol. The van der Waals surface area contributed by atoms with E-state index in [1.807, 2.05) is 6.20 Å². The fourth-order valence-electron chi connectivity index (χ4n) is 1.45. The number of aromatic amines is 1. The van der Waals surface area contributed by atoms with E-state index < -0.39 is 0 Å². The van der Waals surface area contributed by atoms with Crippen LogP contribution in [0.3, 0.4) is 0 Å². The number of H-pyrrole nitrogens is 1. The monoisotopic (exact) mass is 152 g/mol. The Balaban J connectivity index is 2.26. The predicted molar refractivity (Wildman–Crippen MR) is 41.4 cm³/mol. The first kappa shape index (κ1) is 6.85. The quantitative estimate of drug-likeness (QED) is 0.600. The minimum absolute atomic E-state index is 0.330. The fraction of sp³-hybridized carbons (Fsp3) is 0.625. The lowest BCUT2D eigenvalue weighted by Crippen LogP contribution is -2.09. The van der Waals surface area contributed by atoms with Gasteiger partial charge in [-0.15, -0.1) is 0 Å². The number of nitrogens with one attached hydrogen (secondary N) is 1. The Kier molecular flexibility index (Phi) is 1.66. The van der Waals surface area contributed by atoms with Crippen molar-refractivity contribution in [2.75, 3.05) is 6.61 Å². The molecule has 0 radical (unpaired) electrons. The van der Waals surface area contributed by atoms with E-state index in [0.717, 1.165) is 19.4 Å². The first-order valence-electron chi connectivity index (χ1n) is 3.99. The number of hydrogen-bond acceptors (Lipinski definition) is 2. The topological polar surface area (TPSA) is 37.9 Å². The molecule has 1 atom stereocenters. The van der Waals surface area contributed by atoms with E-state index in [9.17, 15) is 0 Å². The molecule has 0 aromatic carbocycles. The van der Waals surface area contributed by atoms with Gasteiger partial charge in [0.2, 0.25) is 0 Å². The molecule has 60 valence electrons. The minimum atomic E-state index is 0.330. The van der Waals surface area contributed by atoms with E-state index in [0.29, 0.717) is 6.10 Å². The van der Waals surface area contributed by atoms with Gasteiger partial charge >= 0.3 is 0 Å². The van der Waals surface area contributed by atoms with Gasteiger partial charge < -0.3 is 4.74 Å². The van der Waals surface area contributed by atoms with Crippen LogP contribution in [0, 0.1) is 0 Å². The van der Waals surface area contributed by atoms with Gasteiger partial charge in [0.25, 0.3) is 0 Å². The van der Waals surface area contributed by atoms with Gasteiger partial charge in [0.15, 0.2) is 0 Å². The van der Waals surface area contributed by atoms with Crippen molar-refractivity contribution in [3.63, 3.8) is 0 Å². The maximum atomic E-state index is 5.50. The summed E-state index contributed by atoms with van der Waals surface area (Å²) in [5.41, 5.74) is 2.56. The van der Waals surface area contributed by atoms with Crippen molar-refractivity contribution in [2.24, 2.45) is 0 Å². The van der Waals surface area contributed by atoms with Gasteiger partial charge in [-0.3, -0.25) is 5.10 Å². The fourth-order valence-corrected chi connectivity index (χ4v) is 1.45. The van der Waals surface area contributed by atoms with E-state index in [4.69, 9.17) is 4.74 Å². The van der Waals surface area contributed by atoms with Gasteiger partial charge in [0.1, 0.15) is 0 Å². The first-order valence-corrected chi connectivity index (χ1v) is 3.99. The summed E-state index contributed by atoms with van der Waals surface area (Å²) in [6.07, 6.45) is 4.19. The lowest BCUT2D eigenvalue weighted by atomic mass is 10.1. The van der Waals surface area contributed by atoms with Crippen molar-refractivity contribution in [1.82, 2.24) is 10.2 Å². The molecule has 0 saturated heterocycles. The second-order valence-electron chi connectivity index (χ2n) is 3.01. The molecule has 1 aliphatic heterocycles. The SMILES string of the molecule is CC1Cc2[nH]ncc2CCO1. The Morgan fingerprint density at radius 3 is 3.55 bits per heavy atom.